The van der Waals surface area contributed by atoms with Gasteiger partial charge in [-0.05, 0) is 38.1 Å². The molecule has 1 amide bonds. The number of nitro benzene ring substituents is 1. The molecule has 0 spiro atoms. The van der Waals surface area contributed by atoms with Crippen LogP contribution in [0.5, 0.6) is 0 Å². The molecule has 1 N–H and O–H groups in total. The summed E-state index contributed by atoms with van der Waals surface area (Å²) in [6.45, 7) is 4.57. The van der Waals surface area contributed by atoms with Crippen LogP contribution in [0, 0.1) is 10.1 Å². The van der Waals surface area contributed by atoms with E-state index in [1.54, 1.807) is 31.2 Å². The summed E-state index contributed by atoms with van der Waals surface area (Å²) in [5.41, 5.74) is -0.00113. The number of nitrogens with one attached hydrogen (secondary N) is 1. The molecule has 152 valence electrons. The molecule has 0 radical (unpaired) electrons. The molecule has 1 atom stereocenters. The van der Waals surface area contributed by atoms with Crippen molar-refractivity contribution in [2.24, 2.45) is 0 Å². The molecule has 0 unspecified atom stereocenters. The van der Waals surface area contributed by atoms with Crippen molar-refractivity contribution in [2.45, 2.75) is 32.9 Å². The van der Waals surface area contributed by atoms with Gasteiger partial charge in [-0.25, -0.2) is 0 Å². The lowest BCUT2D eigenvalue weighted by molar-refractivity contribution is -0.383. The Kier molecular flexibility index (Phi) is 6.35. The van der Waals surface area contributed by atoms with Gasteiger partial charge in [0.15, 0.2) is 5.76 Å². The maximum Gasteiger partial charge on any atom is 0.292 e. The van der Waals surface area contributed by atoms with Crippen molar-refractivity contribution >= 4 is 17.3 Å². The number of nitro groups is 1. The van der Waals surface area contributed by atoms with E-state index < -0.39 is 11.0 Å². The highest BCUT2D eigenvalue weighted by Crippen LogP contribution is 2.24. The van der Waals surface area contributed by atoms with Gasteiger partial charge in [0.2, 0.25) is 11.8 Å². The van der Waals surface area contributed by atoms with E-state index in [2.05, 4.69) is 15.5 Å². The van der Waals surface area contributed by atoms with E-state index in [0.29, 0.717) is 18.2 Å². The number of rotatable bonds is 9. The fraction of sp³-hybridized carbons (Fsp3) is 0.316. The number of hydrogen-bond donors (Lipinski definition) is 1. The van der Waals surface area contributed by atoms with Crippen LogP contribution in [0.15, 0.2) is 51.5 Å². The third kappa shape index (κ3) is 4.85. The van der Waals surface area contributed by atoms with Crippen LogP contribution in [-0.2, 0) is 11.3 Å². The first kappa shape index (κ1) is 20.2. The van der Waals surface area contributed by atoms with Crippen LogP contribution in [0.25, 0.3) is 11.7 Å². The Morgan fingerprint density at radius 3 is 2.76 bits per heavy atom. The van der Waals surface area contributed by atoms with Gasteiger partial charge in [0.1, 0.15) is 5.69 Å². The van der Waals surface area contributed by atoms with Gasteiger partial charge in [-0.2, -0.15) is 0 Å². The van der Waals surface area contributed by atoms with E-state index in [-0.39, 0.29) is 29.7 Å². The van der Waals surface area contributed by atoms with Crippen LogP contribution in [0.3, 0.4) is 0 Å². The van der Waals surface area contributed by atoms with E-state index in [9.17, 15) is 14.9 Å². The maximum absolute atomic E-state index is 12.7. The second-order valence-corrected chi connectivity index (χ2v) is 6.39. The molecule has 0 aliphatic rings. The van der Waals surface area contributed by atoms with Crippen molar-refractivity contribution in [3.63, 3.8) is 0 Å². The molecule has 29 heavy (non-hydrogen) atoms. The second kappa shape index (κ2) is 9.11. The SMILES string of the molecule is CCCN(Cc1nnc(-c2ccco2)o1)[C@@H](C)C(=O)Nc1ccccc1[N+](=O)[O-]. The average molecular weight is 399 g/mol. The molecule has 0 aliphatic carbocycles. The average Bonchev–Trinajstić information content (AvgIpc) is 3.39. The number of carbonyl (C=O) groups excluding carboxylic acids is 1. The first-order valence-corrected chi connectivity index (χ1v) is 9.14. The van der Waals surface area contributed by atoms with Gasteiger partial charge in [-0.1, -0.05) is 19.1 Å². The molecule has 10 nitrogen and oxygen atoms in total. The third-order valence-corrected chi connectivity index (χ3v) is 4.33. The van der Waals surface area contributed by atoms with Crippen LogP contribution in [0.4, 0.5) is 11.4 Å². The minimum Gasteiger partial charge on any atom is -0.459 e. The van der Waals surface area contributed by atoms with E-state index in [4.69, 9.17) is 8.83 Å². The van der Waals surface area contributed by atoms with Crippen molar-refractivity contribution in [2.75, 3.05) is 11.9 Å². The zero-order valence-electron chi connectivity index (χ0n) is 16.1. The highest BCUT2D eigenvalue weighted by molar-refractivity contribution is 5.96. The predicted molar refractivity (Wildman–Crippen MR) is 104 cm³/mol. The van der Waals surface area contributed by atoms with E-state index in [1.165, 1.54) is 18.4 Å². The number of para-hydroxylation sites is 2. The summed E-state index contributed by atoms with van der Waals surface area (Å²) in [7, 11) is 0. The monoisotopic (exact) mass is 399 g/mol. The molecule has 3 aromatic rings. The molecule has 0 saturated carbocycles. The van der Waals surface area contributed by atoms with Gasteiger partial charge in [0.25, 0.3) is 11.6 Å². The summed E-state index contributed by atoms with van der Waals surface area (Å²) >= 11 is 0. The van der Waals surface area contributed by atoms with Gasteiger partial charge in [-0.3, -0.25) is 19.8 Å². The topological polar surface area (TPSA) is 128 Å². The maximum atomic E-state index is 12.7. The molecule has 0 bridgehead atoms. The molecule has 10 heteroatoms. The minimum atomic E-state index is -0.575. The zero-order valence-corrected chi connectivity index (χ0v) is 16.1. The smallest absolute Gasteiger partial charge is 0.292 e. The third-order valence-electron chi connectivity index (χ3n) is 4.33. The molecular formula is C19H21N5O5. The van der Waals surface area contributed by atoms with E-state index >= 15 is 0 Å². The molecule has 2 heterocycles. The fourth-order valence-corrected chi connectivity index (χ4v) is 2.83. The first-order chi connectivity index (χ1) is 14.0. The lowest BCUT2D eigenvalue weighted by atomic mass is 10.2. The lowest BCUT2D eigenvalue weighted by Crippen LogP contribution is -2.42. The number of benzene rings is 1. The Morgan fingerprint density at radius 1 is 1.28 bits per heavy atom. The van der Waals surface area contributed by atoms with Gasteiger partial charge in [0, 0.05) is 6.07 Å². The summed E-state index contributed by atoms with van der Waals surface area (Å²) in [6, 6.07) is 8.88. The van der Waals surface area contributed by atoms with Crippen molar-refractivity contribution in [1.82, 2.24) is 15.1 Å². The number of aromatic nitrogens is 2. The Morgan fingerprint density at radius 2 is 2.07 bits per heavy atom. The summed E-state index contributed by atoms with van der Waals surface area (Å²) in [6.07, 6.45) is 2.31. The van der Waals surface area contributed by atoms with Crippen LogP contribution >= 0.6 is 0 Å². The second-order valence-electron chi connectivity index (χ2n) is 6.39. The fourth-order valence-electron chi connectivity index (χ4n) is 2.83. The van der Waals surface area contributed by atoms with Gasteiger partial charge in [-0.15, -0.1) is 10.2 Å². The number of hydrogen-bond acceptors (Lipinski definition) is 8. The van der Waals surface area contributed by atoms with Crippen molar-refractivity contribution in [1.29, 1.82) is 0 Å². The molecule has 1 aromatic carbocycles. The van der Waals surface area contributed by atoms with Crippen molar-refractivity contribution in [3.05, 3.63) is 58.7 Å². The number of nitrogens with zero attached hydrogens (tertiary/aromatic N) is 4. The van der Waals surface area contributed by atoms with E-state index in [0.717, 1.165) is 6.42 Å². The first-order valence-electron chi connectivity index (χ1n) is 9.14. The minimum absolute atomic E-state index is 0.156. The summed E-state index contributed by atoms with van der Waals surface area (Å²) < 4.78 is 10.9. The number of anilines is 1. The van der Waals surface area contributed by atoms with Crippen LogP contribution in [0.2, 0.25) is 0 Å². The Hall–Kier alpha value is -3.53. The highest BCUT2D eigenvalue weighted by Gasteiger charge is 2.25. The predicted octanol–water partition coefficient (Wildman–Crippen LogP) is 3.48. The zero-order chi connectivity index (χ0) is 20.8. The Balaban J connectivity index is 1.71. The van der Waals surface area contributed by atoms with Crippen LogP contribution in [-0.4, -0.2) is 38.5 Å². The number of carbonyl (C=O) groups is 1. The molecule has 0 saturated heterocycles. The molecule has 0 aliphatic heterocycles. The lowest BCUT2D eigenvalue weighted by Gasteiger charge is -2.26. The Bertz CT molecular complexity index is 969. The summed E-state index contributed by atoms with van der Waals surface area (Å²) in [4.78, 5) is 25.2. The van der Waals surface area contributed by atoms with Gasteiger partial charge < -0.3 is 14.2 Å². The molecule has 2 aromatic heterocycles. The number of furan rings is 1. The number of amides is 1. The van der Waals surface area contributed by atoms with E-state index in [1.807, 2.05) is 11.8 Å². The molecule has 3 rings (SSSR count). The summed E-state index contributed by atoms with van der Waals surface area (Å²) in [5, 5.41) is 21.8. The van der Waals surface area contributed by atoms with Crippen LogP contribution < -0.4 is 5.32 Å². The highest BCUT2D eigenvalue weighted by atomic mass is 16.6. The Labute approximate surface area is 166 Å². The van der Waals surface area contributed by atoms with Gasteiger partial charge >= 0.3 is 0 Å². The van der Waals surface area contributed by atoms with Gasteiger partial charge in [0.05, 0.1) is 23.8 Å². The van der Waals surface area contributed by atoms with Crippen molar-refractivity contribution in [3.8, 4) is 11.7 Å². The standard InChI is InChI=1S/C19H21N5O5/c1-3-10-23(12-17-21-22-19(29-17)16-9-6-11-28-16)13(2)18(25)20-14-7-4-5-8-15(14)24(26)27/h4-9,11,13H,3,10,12H2,1-2H3,(H,20,25)/t13-/m0/s1. The normalized spacial score (nSPS) is 12.1. The quantitative estimate of drug-likeness (QED) is 0.428. The largest absolute Gasteiger partial charge is 0.459 e. The molecule has 0 fully saturated rings. The summed E-state index contributed by atoms with van der Waals surface area (Å²) in [5.74, 6) is 0.708. The van der Waals surface area contributed by atoms with Crippen molar-refractivity contribution < 1.29 is 18.6 Å². The van der Waals surface area contributed by atoms with Crippen LogP contribution in [0.1, 0.15) is 26.2 Å². The molecular weight excluding hydrogens is 378 g/mol.